The number of para-hydroxylation sites is 12. The van der Waals surface area contributed by atoms with Crippen LogP contribution in [0.25, 0.3) is 22.3 Å². The average Bonchev–Trinajstić information content (AvgIpc) is 0.673. The Labute approximate surface area is 804 Å². The molecule has 660 valence electrons. The van der Waals surface area contributed by atoms with E-state index in [-0.39, 0.29) is 0 Å². The Morgan fingerprint density at radius 2 is 0.363 bits per heavy atom. The van der Waals surface area contributed by atoms with E-state index in [9.17, 15) is 0 Å². The molecule has 0 saturated carbocycles. The normalized spacial score (nSPS) is 13.7. The minimum atomic E-state index is -0.615. The summed E-state index contributed by atoms with van der Waals surface area (Å²) >= 11 is 3.93. The van der Waals surface area contributed by atoms with E-state index >= 15 is 0 Å². The number of hydrogen-bond acceptors (Lipinski definition) is 6. The van der Waals surface area contributed by atoms with Crippen LogP contribution in [0.15, 0.2) is 356 Å². The maximum atomic E-state index is 5.78. The molecule has 135 heavy (non-hydrogen) atoms. The maximum absolute atomic E-state index is 5.78. The van der Waals surface area contributed by atoms with E-state index in [1.165, 1.54) is 268 Å². The first-order chi connectivity index (χ1) is 65.7. The van der Waals surface area contributed by atoms with E-state index < -0.39 is 10.8 Å². The first-order valence-electron chi connectivity index (χ1n) is 47.6. The van der Waals surface area contributed by atoms with E-state index in [2.05, 4.69) is 479 Å². The van der Waals surface area contributed by atoms with Crippen LogP contribution in [0.5, 0.6) is 11.5 Å². The third-order valence-corrected chi connectivity index (χ3v) is 32.4. The highest BCUT2D eigenvalue weighted by atomic mass is 79.9. The van der Waals surface area contributed by atoms with Gasteiger partial charge in [-0.2, -0.15) is 0 Å². The maximum Gasteiger partial charge on any atom is 0.130 e. The molecule has 6 aliphatic rings. The van der Waals surface area contributed by atoms with Crippen molar-refractivity contribution in [3.63, 3.8) is 0 Å². The standard InChI is InChI=1S/C64H55N3.C51H45BrN2.C13H10O/c1-39-41(3)61(42(4)40(2)60(39)47-24-10-9-11-25-47)66-56-34-20-14-28-50(56)64(51-29-15-21-35-57(51)66)52-30-16-22-36-58(52)67(59-37-23-17-31-53(59)64)63-45(7)43(5)62(44(6)46(63)8)65-54-32-18-12-26-48(54)38-49-27-13-19-33-55(49)65;1-30-34(5)49(35(6)31(2)47(30)38-20-10-9-11-21-38)53-43-26-16-12-22-39(43)51(40-23-13-17-27-44(40)53)41-24-14-18-28-45(41)54(46-29-19-15-25-42(46)51)50-36(7)32(3)48(52)33(4)37(50)8;1-3-7-12-10(5-1)9-11-6-2-4-8-13(11)14-12/h9-37H,38H2,1-8H3;9-29H,1-8H3;1-8H,9H2. The molecule has 6 nitrogen and oxygen atoms in total. The van der Waals surface area contributed by atoms with Gasteiger partial charge in [-0.25, -0.2) is 0 Å². The fraction of sp³-hybridized carbons (Fsp3) is 0.156. The van der Waals surface area contributed by atoms with E-state index in [1.807, 2.05) is 24.3 Å². The van der Waals surface area contributed by atoms with Crippen LogP contribution in [0.4, 0.5) is 85.3 Å². The number of hydrogen-bond donors (Lipinski definition) is 0. The topological polar surface area (TPSA) is 25.4 Å². The van der Waals surface area contributed by atoms with Crippen molar-refractivity contribution in [3.8, 4) is 33.8 Å². The van der Waals surface area contributed by atoms with E-state index in [1.54, 1.807) is 0 Å². The van der Waals surface area contributed by atoms with E-state index in [0.717, 1.165) is 24.3 Å². The lowest BCUT2D eigenvalue weighted by atomic mass is 9.60. The molecule has 0 unspecified atom stereocenters. The van der Waals surface area contributed by atoms with E-state index in [0.29, 0.717) is 0 Å². The molecule has 2 spiro atoms. The van der Waals surface area contributed by atoms with E-state index in [4.69, 9.17) is 4.74 Å². The summed E-state index contributed by atoms with van der Waals surface area (Å²) in [4.78, 5) is 12.8. The molecular weight excluding hydrogens is 1700 g/mol. The molecule has 0 fully saturated rings. The van der Waals surface area contributed by atoms with Gasteiger partial charge in [-0.3, -0.25) is 0 Å². The molecule has 0 N–H and O–H groups in total. The van der Waals surface area contributed by atoms with Crippen molar-refractivity contribution in [3.05, 3.63) is 512 Å². The van der Waals surface area contributed by atoms with Gasteiger partial charge < -0.3 is 29.2 Å². The predicted octanol–water partition coefficient (Wildman–Crippen LogP) is 35.1. The Hall–Kier alpha value is -14.8. The van der Waals surface area contributed by atoms with Crippen molar-refractivity contribution < 1.29 is 4.74 Å². The van der Waals surface area contributed by atoms with Crippen LogP contribution in [0.3, 0.4) is 0 Å². The Morgan fingerprint density at radius 3 is 0.615 bits per heavy atom. The molecule has 6 heterocycles. The number of anilines is 15. The molecule has 0 radical (unpaired) electrons. The number of rotatable bonds is 7. The van der Waals surface area contributed by atoms with Gasteiger partial charge >= 0.3 is 0 Å². The monoisotopic (exact) mass is 1810 g/mol. The van der Waals surface area contributed by atoms with Gasteiger partial charge in [-0.05, 0) is 362 Å². The smallest absolute Gasteiger partial charge is 0.130 e. The minimum Gasteiger partial charge on any atom is -0.457 e. The van der Waals surface area contributed by atoms with Gasteiger partial charge in [-0.1, -0.05) is 295 Å². The molecule has 0 aromatic heterocycles. The minimum absolute atomic E-state index is 0.565. The van der Waals surface area contributed by atoms with Gasteiger partial charge in [0, 0.05) is 28.7 Å². The Morgan fingerprint density at radius 1 is 0.185 bits per heavy atom. The van der Waals surface area contributed by atoms with Gasteiger partial charge in [-0.15, -0.1) is 0 Å². The van der Waals surface area contributed by atoms with Crippen LogP contribution in [0, 0.1) is 111 Å². The van der Waals surface area contributed by atoms with Crippen LogP contribution < -0.4 is 29.2 Å². The molecule has 7 heteroatoms. The van der Waals surface area contributed by atoms with Gasteiger partial charge in [0.25, 0.3) is 0 Å². The molecular formula is C128H110BrN5O. The lowest BCUT2D eigenvalue weighted by Crippen LogP contribution is -2.42. The molecule has 0 aliphatic carbocycles. The average molecular weight is 1810 g/mol. The number of nitrogens with zero attached hydrogens (tertiary/aromatic N) is 5. The summed E-state index contributed by atoms with van der Waals surface area (Å²) in [5, 5.41) is 0. The Kier molecular flexibility index (Phi) is 21.2. The fourth-order valence-corrected chi connectivity index (χ4v) is 24.7. The number of ether oxygens (including phenoxy) is 1. The zero-order valence-electron chi connectivity index (χ0n) is 79.9. The zero-order valence-corrected chi connectivity index (χ0v) is 81.5. The Bertz CT molecular complexity index is 7470. The summed E-state index contributed by atoms with van der Waals surface area (Å²) in [6.07, 6.45) is 1.91. The summed E-state index contributed by atoms with van der Waals surface area (Å²) in [6.45, 7) is 36.9. The molecule has 0 atom stereocenters. The second kappa shape index (κ2) is 33.5. The van der Waals surface area contributed by atoms with Crippen LogP contribution >= 0.6 is 15.9 Å². The van der Waals surface area contributed by atoms with Crippen LogP contribution in [0.1, 0.15) is 156 Å². The number of fused-ring (bicyclic) bond motifs is 20. The van der Waals surface area contributed by atoms with Crippen LogP contribution in [0.2, 0.25) is 0 Å². The summed E-state index contributed by atoms with van der Waals surface area (Å²) in [6, 6.07) is 130. The molecule has 0 saturated heterocycles. The van der Waals surface area contributed by atoms with Crippen molar-refractivity contribution in [1.29, 1.82) is 0 Å². The highest BCUT2D eigenvalue weighted by Crippen LogP contribution is 2.69. The van der Waals surface area contributed by atoms with Crippen molar-refractivity contribution in [2.24, 2.45) is 0 Å². The largest absolute Gasteiger partial charge is 0.457 e. The van der Waals surface area contributed by atoms with Crippen molar-refractivity contribution in [2.45, 2.75) is 134 Å². The summed E-state index contributed by atoms with van der Waals surface area (Å²) in [5.41, 5.74) is 58.9. The summed E-state index contributed by atoms with van der Waals surface area (Å²) in [7, 11) is 0. The first kappa shape index (κ1) is 85.7. The van der Waals surface area contributed by atoms with Crippen molar-refractivity contribution in [1.82, 2.24) is 0 Å². The zero-order chi connectivity index (χ0) is 92.9. The molecule has 6 aliphatic heterocycles. The van der Waals surface area contributed by atoms with Gasteiger partial charge in [0.2, 0.25) is 0 Å². The SMILES string of the molecule is Cc1c(C)c(N2c3ccccc3C3(c4ccccc42)c2ccccc2N(c2c(C)c(C)c(-c4ccccc4)c(C)c2C)c2ccccc23)c(C)c(C)c1Br.Cc1c(C)c(N2c3ccccc3C3(c4ccccc42)c2ccccc2N(c2c(C)c(C)c(N4c5ccccc5Cc5ccccc54)c(C)c2C)c2ccccc23)c(C)c(C)c1-c1ccccc1.c1ccc2c(c1)Cc1ccccc1O2. The van der Waals surface area contributed by atoms with Crippen molar-refractivity contribution in [2.75, 3.05) is 24.5 Å². The van der Waals surface area contributed by atoms with Gasteiger partial charge in [0.05, 0.1) is 84.8 Å². The molecule has 18 aromatic rings. The predicted molar refractivity (Wildman–Crippen MR) is 570 cm³/mol. The van der Waals surface area contributed by atoms with Crippen LogP contribution in [-0.4, -0.2) is 0 Å². The lowest BCUT2D eigenvalue weighted by molar-refractivity contribution is 0.460. The fourth-order valence-electron chi connectivity index (χ4n) is 24.1. The number of halogens is 1. The number of benzene rings is 18. The van der Waals surface area contributed by atoms with Gasteiger partial charge in [0.15, 0.2) is 0 Å². The molecule has 0 bridgehead atoms. The lowest BCUT2D eigenvalue weighted by Gasteiger charge is -2.52. The highest BCUT2D eigenvalue weighted by Gasteiger charge is 2.55. The van der Waals surface area contributed by atoms with Gasteiger partial charge in [0.1, 0.15) is 11.5 Å². The quantitative estimate of drug-likeness (QED) is 0.158. The third-order valence-electron chi connectivity index (χ3n) is 31.2. The summed E-state index contributed by atoms with van der Waals surface area (Å²) in [5.74, 6) is 1.98. The second-order valence-electron chi connectivity index (χ2n) is 37.8. The molecule has 0 amide bonds. The molecule has 18 aromatic carbocycles. The summed E-state index contributed by atoms with van der Waals surface area (Å²) < 4.78 is 6.97. The Balaban J connectivity index is 0.000000139. The van der Waals surface area contributed by atoms with Crippen LogP contribution in [-0.2, 0) is 23.7 Å². The third kappa shape index (κ3) is 12.8. The first-order valence-corrected chi connectivity index (χ1v) is 48.4. The van der Waals surface area contributed by atoms with Crippen molar-refractivity contribution >= 4 is 101 Å². The highest BCUT2D eigenvalue weighted by molar-refractivity contribution is 9.10. The molecule has 24 rings (SSSR count). The second-order valence-corrected chi connectivity index (χ2v) is 38.6.